The zero-order valence-electron chi connectivity index (χ0n) is 10.9. The molecule has 5 N–H and O–H groups in total. The molecule has 0 saturated carbocycles. The van der Waals surface area contributed by atoms with E-state index in [9.17, 15) is 22.0 Å². The van der Waals surface area contributed by atoms with Crippen molar-refractivity contribution in [1.82, 2.24) is 4.72 Å². The molecular weight excluding hydrogens is 292 g/mol. The number of hydrogen-bond donors (Lipinski definition) is 3. The predicted octanol–water partition coefficient (Wildman–Crippen LogP) is 0.479. The maximum Gasteiger partial charge on any atom is 0.244 e. The van der Waals surface area contributed by atoms with Gasteiger partial charge in [0.15, 0.2) is 11.6 Å². The van der Waals surface area contributed by atoms with Crippen molar-refractivity contribution in [3.8, 4) is 0 Å². The van der Waals surface area contributed by atoms with E-state index in [0.717, 1.165) is 6.07 Å². The van der Waals surface area contributed by atoms with Crippen molar-refractivity contribution >= 4 is 21.6 Å². The van der Waals surface area contributed by atoms with Gasteiger partial charge in [-0.3, -0.25) is 4.79 Å². The molecule has 1 rings (SSSR count). The number of halogens is 2. The number of carbonyl (C=O) groups is 1. The Labute approximate surface area is 115 Å². The van der Waals surface area contributed by atoms with Crippen molar-refractivity contribution < 1.29 is 22.0 Å². The number of hydrogen-bond acceptors (Lipinski definition) is 4. The first-order valence-electron chi connectivity index (χ1n) is 5.51. The molecule has 20 heavy (non-hydrogen) atoms. The number of amides is 1. The van der Waals surface area contributed by atoms with E-state index in [1.54, 1.807) is 0 Å². The van der Waals surface area contributed by atoms with Gasteiger partial charge in [-0.15, -0.1) is 0 Å². The highest BCUT2D eigenvalue weighted by molar-refractivity contribution is 7.89. The van der Waals surface area contributed by atoms with Crippen LogP contribution in [-0.4, -0.2) is 19.9 Å². The largest absolute Gasteiger partial charge is 0.399 e. The Morgan fingerprint density at radius 1 is 1.35 bits per heavy atom. The molecule has 0 heterocycles. The number of primary amides is 1. The molecular formula is C11H15F2N3O3S. The van der Waals surface area contributed by atoms with Crippen LogP contribution in [-0.2, 0) is 14.8 Å². The summed E-state index contributed by atoms with van der Waals surface area (Å²) < 4.78 is 52.9. The smallest absolute Gasteiger partial charge is 0.244 e. The quantitative estimate of drug-likeness (QED) is 0.686. The predicted molar refractivity (Wildman–Crippen MR) is 69.0 cm³/mol. The van der Waals surface area contributed by atoms with Crippen molar-refractivity contribution in [1.29, 1.82) is 0 Å². The standard InChI is InChI=1S/C11H15F2N3O3S/c1-11(2,5-9(15)17)16-20(18,19)8-4-6(14)3-7(12)10(8)13/h3-4,16H,5,14H2,1-2H3,(H2,15,17). The molecule has 1 aromatic rings. The van der Waals surface area contributed by atoms with Crippen LogP contribution in [0.2, 0.25) is 0 Å². The van der Waals surface area contributed by atoms with Gasteiger partial charge < -0.3 is 11.5 Å². The van der Waals surface area contributed by atoms with Crippen LogP contribution < -0.4 is 16.2 Å². The van der Waals surface area contributed by atoms with E-state index in [2.05, 4.69) is 4.72 Å². The number of anilines is 1. The second kappa shape index (κ2) is 5.33. The van der Waals surface area contributed by atoms with E-state index < -0.39 is 38.0 Å². The molecule has 0 bridgehead atoms. The monoisotopic (exact) mass is 307 g/mol. The second-order valence-electron chi connectivity index (χ2n) is 4.95. The molecule has 6 nitrogen and oxygen atoms in total. The highest BCUT2D eigenvalue weighted by Crippen LogP contribution is 2.23. The average molecular weight is 307 g/mol. The van der Waals surface area contributed by atoms with E-state index >= 15 is 0 Å². The van der Waals surface area contributed by atoms with Gasteiger partial charge in [0.05, 0.1) is 0 Å². The molecule has 0 fully saturated rings. The Hall–Kier alpha value is -1.74. The topological polar surface area (TPSA) is 115 Å². The molecule has 0 saturated heterocycles. The average Bonchev–Trinajstić information content (AvgIpc) is 2.19. The summed E-state index contributed by atoms with van der Waals surface area (Å²) in [5, 5.41) is 0. The molecule has 0 atom stereocenters. The maximum absolute atomic E-state index is 13.6. The second-order valence-corrected chi connectivity index (χ2v) is 6.60. The number of rotatable bonds is 5. The van der Waals surface area contributed by atoms with E-state index in [1.807, 2.05) is 0 Å². The van der Waals surface area contributed by atoms with E-state index in [0.29, 0.717) is 6.07 Å². The summed E-state index contributed by atoms with van der Waals surface area (Å²) in [6, 6.07) is 1.46. The van der Waals surface area contributed by atoms with Gasteiger partial charge in [0.1, 0.15) is 4.90 Å². The lowest BCUT2D eigenvalue weighted by Crippen LogP contribution is -2.46. The normalized spacial score (nSPS) is 12.4. The molecule has 0 aliphatic carbocycles. The Morgan fingerprint density at radius 2 is 1.90 bits per heavy atom. The summed E-state index contributed by atoms with van der Waals surface area (Å²) in [7, 11) is -4.39. The minimum atomic E-state index is -4.39. The Morgan fingerprint density at radius 3 is 2.40 bits per heavy atom. The van der Waals surface area contributed by atoms with Crippen LogP contribution in [0.15, 0.2) is 17.0 Å². The summed E-state index contributed by atoms with van der Waals surface area (Å²) in [5.41, 5.74) is 8.79. The highest BCUT2D eigenvalue weighted by atomic mass is 32.2. The number of nitrogens with two attached hydrogens (primary N) is 2. The first-order valence-corrected chi connectivity index (χ1v) is 7.00. The first kappa shape index (κ1) is 16.3. The van der Waals surface area contributed by atoms with Crippen molar-refractivity contribution in [3.63, 3.8) is 0 Å². The number of sulfonamides is 1. The number of benzene rings is 1. The van der Waals surface area contributed by atoms with Gasteiger partial charge in [-0.05, 0) is 26.0 Å². The molecule has 0 aromatic heterocycles. The van der Waals surface area contributed by atoms with E-state index in [1.165, 1.54) is 13.8 Å². The number of nitrogens with one attached hydrogen (secondary N) is 1. The fourth-order valence-corrected chi connectivity index (χ4v) is 3.20. The first-order chi connectivity index (χ1) is 8.94. The number of nitrogen functional groups attached to an aromatic ring is 1. The van der Waals surface area contributed by atoms with Gasteiger partial charge in [0, 0.05) is 17.6 Å². The zero-order valence-corrected chi connectivity index (χ0v) is 11.7. The van der Waals surface area contributed by atoms with Crippen LogP contribution in [0, 0.1) is 11.6 Å². The molecule has 9 heteroatoms. The molecule has 112 valence electrons. The summed E-state index contributed by atoms with van der Waals surface area (Å²) in [6.07, 6.45) is -0.307. The fourth-order valence-electron chi connectivity index (χ4n) is 1.67. The molecule has 0 aliphatic rings. The maximum atomic E-state index is 13.6. The van der Waals surface area contributed by atoms with Gasteiger partial charge in [0.2, 0.25) is 15.9 Å². The minimum Gasteiger partial charge on any atom is -0.399 e. The van der Waals surface area contributed by atoms with Crippen LogP contribution in [0.25, 0.3) is 0 Å². The van der Waals surface area contributed by atoms with Gasteiger partial charge in [0.25, 0.3) is 0 Å². The SMILES string of the molecule is CC(C)(CC(N)=O)NS(=O)(=O)c1cc(N)cc(F)c1F. The van der Waals surface area contributed by atoms with Crippen LogP contribution in [0.5, 0.6) is 0 Å². The Kier molecular flexibility index (Phi) is 4.35. The molecule has 0 spiro atoms. The molecule has 1 aromatic carbocycles. The number of carbonyl (C=O) groups excluding carboxylic acids is 1. The van der Waals surface area contributed by atoms with Gasteiger partial charge >= 0.3 is 0 Å². The zero-order chi connectivity index (χ0) is 15.7. The summed E-state index contributed by atoms with van der Waals surface area (Å²) >= 11 is 0. The lowest BCUT2D eigenvalue weighted by atomic mass is 10.0. The third kappa shape index (κ3) is 3.87. The molecule has 1 amide bonds. The third-order valence-corrected chi connectivity index (χ3v) is 4.03. The van der Waals surface area contributed by atoms with Crippen LogP contribution in [0.1, 0.15) is 20.3 Å². The van der Waals surface area contributed by atoms with Crippen LogP contribution in [0.3, 0.4) is 0 Å². The van der Waals surface area contributed by atoms with Crippen molar-refractivity contribution in [3.05, 3.63) is 23.8 Å². The van der Waals surface area contributed by atoms with E-state index in [-0.39, 0.29) is 12.1 Å². The molecule has 0 aliphatic heterocycles. The van der Waals surface area contributed by atoms with Crippen molar-refractivity contribution in [2.45, 2.75) is 30.7 Å². The summed E-state index contributed by atoms with van der Waals surface area (Å²) in [6.45, 7) is 2.77. The highest BCUT2D eigenvalue weighted by Gasteiger charge is 2.30. The molecule has 0 radical (unpaired) electrons. The Bertz CT molecular complexity index is 645. The van der Waals surface area contributed by atoms with E-state index in [4.69, 9.17) is 11.5 Å². The summed E-state index contributed by atoms with van der Waals surface area (Å²) in [4.78, 5) is 9.92. The minimum absolute atomic E-state index is 0.239. The lowest BCUT2D eigenvalue weighted by Gasteiger charge is -2.24. The van der Waals surface area contributed by atoms with Crippen LogP contribution >= 0.6 is 0 Å². The molecule has 0 unspecified atom stereocenters. The van der Waals surface area contributed by atoms with Crippen molar-refractivity contribution in [2.24, 2.45) is 5.73 Å². The van der Waals surface area contributed by atoms with Gasteiger partial charge in [-0.2, -0.15) is 0 Å². The lowest BCUT2D eigenvalue weighted by molar-refractivity contribution is -0.119. The van der Waals surface area contributed by atoms with Crippen LogP contribution in [0.4, 0.5) is 14.5 Å². The van der Waals surface area contributed by atoms with Gasteiger partial charge in [-0.1, -0.05) is 0 Å². The van der Waals surface area contributed by atoms with Crippen molar-refractivity contribution in [2.75, 3.05) is 5.73 Å². The summed E-state index contributed by atoms with van der Waals surface area (Å²) in [5.74, 6) is -3.66. The Balaban J connectivity index is 3.22. The third-order valence-electron chi connectivity index (χ3n) is 2.33. The van der Waals surface area contributed by atoms with Gasteiger partial charge in [-0.25, -0.2) is 21.9 Å². The fraction of sp³-hybridized carbons (Fsp3) is 0.364.